The summed E-state index contributed by atoms with van der Waals surface area (Å²) in [6.07, 6.45) is 2.68. The Morgan fingerprint density at radius 2 is 2.32 bits per heavy atom. The third kappa shape index (κ3) is 2.95. The maximum Gasteiger partial charge on any atom is 0.100 e. The van der Waals surface area contributed by atoms with Crippen molar-refractivity contribution in [2.24, 2.45) is 5.92 Å². The molecular weight excluding hydrogens is 296 g/mol. The molecule has 2 aromatic rings. The molecule has 1 aliphatic heterocycles. The van der Waals surface area contributed by atoms with Crippen LogP contribution in [0, 0.1) is 5.92 Å². The van der Waals surface area contributed by atoms with Crippen molar-refractivity contribution in [3.05, 3.63) is 33.8 Å². The Morgan fingerprint density at radius 3 is 3.05 bits per heavy atom. The highest BCUT2D eigenvalue weighted by atomic mass is 32.1. The van der Waals surface area contributed by atoms with Crippen molar-refractivity contribution in [3.8, 4) is 0 Å². The van der Waals surface area contributed by atoms with Crippen molar-refractivity contribution in [3.63, 3.8) is 0 Å². The molecule has 5 nitrogen and oxygen atoms in total. The van der Waals surface area contributed by atoms with Gasteiger partial charge in [-0.05, 0) is 41.1 Å². The Kier molecular flexibility index (Phi) is 3.98. The number of ether oxygens (including phenoxy) is 1. The van der Waals surface area contributed by atoms with E-state index in [4.69, 9.17) is 4.74 Å². The number of aromatic nitrogens is 3. The summed E-state index contributed by atoms with van der Waals surface area (Å²) in [6.45, 7) is 4.68. The van der Waals surface area contributed by atoms with Gasteiger partial charge in [0.25, 0.3) is 0 Å². The molecule has 0 bridgehead atoms. The number of fused-ring (bicyclic) bond motifs is 1. The Balaban J connectivity index is 1.55. The first-order valence-corrected chi connectivity index (χ1v) is 8.92. The topological polar surface area (TPSA) is 43.2 Å². The summed E-state index contributed by atoms with van der Waals surface area (Å²) < 4.78 is 7.62. The Labute approximate surface area is 134 Å². The summed E-state index contributed by atoms with van der Waals surface area (Å²) in [4.78, 5) is 2.46. The van der Waals surface area contributed by atoms with Gasteiger partial charge in [0, 0.05) is 39.2 Å². The van der Waals surface area contributed by atoms with E-state index in [1.165, 1.54) is 24.1 Å². The van der Waals surface area contributed by atoms with Crippen LogP contribution in [0.5, 0.6) is 0 Å². The third-order valence-electron chi connectivity index (χ3n) is 4.57. The van der Waals surface area contributed by atoms with Crippen molar-refractivity contribution in [1.82, 2.24) is 19.9 Å². The lowest BCUT2D eigenvalue weighted by molar-refractivity contribution is 0.131. The van der Waals surface area contributed by atoms with Gasteiger partial charge in [0.1, 0.15) is 5.69 Å². The first-order chi connectivity index (χ1) is 10.8. The third-order valence-corrected chi connectivity index (χ3v) is 5.30. The van der Waals surface area contributed by atoms with Crippen LogP contribution in [0.25, 0.3) is 0 Å². The molecule has 0 radical (unpaired) electrons. The highest BCUT2D eigenvalue weighted by Gasteiger charge is 2.32. The van der Waals surface area contributed by atoms with Crippen LogP contribution in [0.4, 0.5) is 0 Å². The lowest BCUT2D eigenvalue weighted by Gasteiger charge is -2.32. The highest BCUT2D eigenvalue weighted by Crippen LogP contribution is 2.34. The fraction of sp³-hybridized carbons (Fsp3) is 0.625. The Bertz CT molecular complexity index is 620. The van der Waals surface area contributed by atoms with Crippen molar-refractivity contribution < 1.29 is 4.74 Å². The smallest absolute Gasteiger partial charge is 0.100 e. The van der Waals surface area contributed by atoms with Crippen LogP contribution in [-0.2, 0) is 24.4 Å². The molecule has 1 fully saturated rings. The fourth-order valence-corrected chi connectivity index (χ4v) is 4.02. The molecule has 1 unspecified atom stereocenters. The van der Waals surface area contributed by atoms with Gasteiger partial charge in [-0.1, -0.05) is 5.21 Å². The predicted molar refractivity (Wildman–Crippen MR) is 85.8 cm³/mol. The number of hydrogen-bond acceptors (Lipinski definition) is 5. The minimum atomic E-state index is 0.376. The van der Waals surface area contributed by atoms with Gasteiger partial charge in [-0.25, -0.2) is 4.68 Å². The quantitative estimate of drug-likeness (QED) is 0.821. The predicted octanol–water partition coefficient (Wildman–Crippen LogP) is 2.50. The van der Waals surface area contributed by atoms with Gasteiger partial charge in [0.2, 0.25) is 0 Å². The molecule has 0 amide bonds. The van der Waals surface area contributed by atoms with Gasteiger partial charge < -0.3 is 4.74 Å². The van der Waals surface area contributed by atoms with E-state index in [0.29, 0.717) is 5.92 Å². The lowest BCUT2D eigenvalue weighted by atomic mass is 9.98. The van der Waals surface area contributed by atoms with Gasteiger partial charge in [-0.3, -0.25) is 4.90 Å². The number of rotatable bonds is 6. The SMILES string of the molecule is COCC1CN(Cc2ccsc2)Cc2nnn(CC3CC3)c21. The Hall–Kier alpha value is -1.24. The number of nitrogens with zero attached hydrogens (tertiary/aromatic N) is 4. The molecule has 0 spiro atoms. The van der Waals surface area contributed by atoms with Crippen LogP contribution in [0.1, 0.15) is 35.7 Å². The van der Waals surface area contributed by atoms with E-state index >= 15 is 0 Å². The second kappa shape index (κ2) is 6.10. The van der Waals surface area contributed by atoms with E-state index in [1.807, 2.05) is 0 Å². The second-order valence-electron chi connectivity index (χ2n) is 6.50. The van der Waals surface area contributed by atoms with Crippen molar-refractivity contribution in [1.29, 1.82) is 0 Å². The summed E-state index contributed by atoms with van der Waals surface area (Å²) in [5.74, 6) is 1.19. The van der Waals surface area contributed by atoms with Crippen LogP contribution in [0.15, 0.2) is 16.8 Å². The molecule has 3 heterocycles. The van der Waals surface area contributed by atoms with E-state index in [1.54, 1.807) is 18.4 Å². The van der Waals surface area contributed by atoms with Crippen LogP contribution in [0.3, 0.4) is 0 Å². The lowest BCUT2D eigenvalue weighted by Crippen LogP contribution is -2.36. The standard InChI is InChI=1S/C16H22N4OS/c1-21-10-14-8-19(6-13-4-5-22-11-13)9-15-16(14)20(18-17-15)7-12-2-3-12/h4-5,11-12,14H,2-3,6-10H2,1H3. The van der Waals surface area contributed by atoms with Gasteiger partial charge in [0.05, 0.1) is 12.3 Å². The minimum Gasteiger partial charge on any atom is -0.384 e. The summed E-state index contributed by atoms with van der Waals surface area (Å²) >= 11 is 1.76. The summed E-state index contributed by atoms with van der Waals surface area (Å²) in [7, 11) is 1.78. The summed E-state index contributed by atoms with van der Waals surface area (Å²) in [5, 5.41) is 13.3. The van der Waals surface area contributed by atoms with Crippen molar-refractivity contribution in [2.45, 2.75) is 38.4 Å². The van der Waals surface area contributed by atoms with Crippen LogP contribution >= 0.6 is 11.3 Å². The van der Waals surface area contributed by atoms with E-state index in [-0.39, 0.29) is 0 Å². The molecule has 1 saturated carbocycles. The molecule has 2 aliphatic rings. The van der Waals surface area contributed by atoms with Crippen LogP contribution in [0.2, 0.25) is 0 Å². The molecule has 0 aromatic carbocycles. The van der Waals surface area contributed by atoms with Crippen LogP contribution < -0.4 is 0 Å². The largest absolute Gasteiger partial charge is 0.384 e. The van der Waals surface area contributed by atoms with E-state index in [2.05, 4.69) is 36.7 Å². The molecular formula is C16H22N4OS. The van der Waals surface area contributed by atoms with Gasteiger partial charge in [0.15, 0.2) is 0 Å². The molecule has 2 aromatic heterocycles. The maximum atomic E-state index is 5.47. The minimum absolute atomic E-state index is 0.376. The molecule has 118 valence electrons. The van der Waals surface area contributed by atoms with Crippen LogP contribution in [-0.4, -0.2) is 40.2 Å². The zero-order chi connectivity index (χ0) is 14.9. The molecule has 6 heteroatoms. The van der Waals surface area contributed by atoms with Crippen molar-refractivity contribution in [2.75, 3.05) is 20.3 Å². The van der Waals surface area contributed by atoms with Gasteiger partial charge in [-0.15, -0.1) is 5.10 Å². The van der Waals surface area contributed by atoms with Gasteiger partial charge >= 0.3 is 0 Å². The average molecular weight is 318 g/mol. The Morgan fingerprint density at radius 1 is 1.41 bits per heavy atom. The molecule has 1 aliphatic carbocycles. The average Bonchev–Trinajstić information content (AvgIpc) is 3.00. The first-order valence-electron chi connectivity index (χ1n) is 7.98. The summed E-state index contributed by atoms with van der Waals surface area (Å²) in [5.41, 5.74) is 3.84. The number of methoxy groups -OCH3 is 1. The maximum absolute atomic E-state index is 5.47. The van der Waals surface area contributed by atoms with Crippen molar-refractivity contribution >= 4 is 11.3 Å². The molecule has 22 heavy (non-hydrogen) atoms. The number of hydrogen-bond donors (Lipinski definition) is 0. The second-order valence-corrected chi connectivity index (χ2v) is 7.28. The highest BCUT2D eigenvalue weighted by molar-refractivity contribution is 7.07. The zero-order valence-corrected chi connectivity index (χ0v) is 13.8. The monoisotopic (exact) mass is 318 g/mol. The molecule has 4 rings (SSSR count). The van der Waals surface area contributed by atoms with E-state index < -0.39 is 0 Å². The van der Waals surface area contributed by atoms with E-state index in [0.717, 1.165) is 44.4 Å². The zero-order valence-electron chi connectivity index (χ0n) is 12.9. The van der Waals surface area contributed by atoms with Gasteiger partial charge in [-0.2, -0.15) is 11.3 Å². The molecule has 1 atom stereocenters. The normalized spacial score (nSPS) is 22.0. The summed E-state index contributed by atoms with van der Waals surface area (Å²) in [6, 6.07) is 2.20. The van der Waals surface area contributed by atoms with E-state index in [9.17, 15) is 0 Å². The molecule has 0 saturated heterocycles. The molecule has 0 N–H and O–H groups in total. The first kappa shape index (κ1) is 14.4. The fourth-order valence-electron chi connectivity index (χ4n) is 3.36. The number of thiophene rings is 1.